The fourth-order valence-electron chi connectivity index (χ4n) is 6.41. The average Bonchev–Trinajstić information content (AvgIpc) is 3.76. The summed E-state index contributed by atoms with van der Waals surface area (Å²) < 4.78 is 82.2. The lowest BCUT2D eigenvalue weighted by atomic mass is 9.65. The molecule has 1 N–H and O–H groups in total. The predicted octanol–water partition coefficient (Wildman–Crippen LogP) is 6.19. The molecule has 1 atom stereocenters. The van der Waals surface area contributed by atoms with Gasteiger partial charge in [0.15, 0.2) is 0 Å². The van der Waals surface area contributed by atoms with Crippen LogP contribution in [0.15, 0.2) is 59.6 Å². The van der Waals surface area contributed by atoms with Crippen LogP contribution in [0.4, 0.5) is 23.2 Å². The summed E-state index contributed by atoms with van der Waals surface area (Å²) in [6.45, 7) is -0.234. The SMILES string of the molecule is O=C1CCC2(CC1)c1cc(C(=O)NCc3ncc(C(F)(F)F)cc3Cl)ccc1N(S(=O)(=O)c1ccc(F)cc1)C2C1CC1. The number of ketones is 1. The number of Topliss-reactive ketones (excluding diaryl/α,β-unsaturated/α-hetero) is 1. The third kappa shape index (κ3) is 5.28. The Morgan fingerprint density at radius 1 is 1.07 bits per heavy atom. The summed E-state index contributed by atoms with van der Waals surface area (Å²) in [4.78, 5) is 29.3. The smallest absolute Gasteiger partial charge is 0.346 e. The third-order valence-electron chi connectivity index (χ3n) is 8.65. The highest BCUT2D eigenvalue weighted by Crippen LogP contribution is 2.60. The van der Waals surface area contributed by atoms with Crippen LogP contribution in [0.2, 0.25) is 5.02 Å². The Bertz CT molecular complexity index is 1720. The molecule has 2 fully saturated rings. The summed E-state index contributed by atoms with van der Waals surface area (Å²) in [5.74, 6) is -0.965. The molecular weight excluding hydrogens is 610 g/mol. The standard InChI is InChI=1S/C30H26ClF4N3O4S/c31-24-14-19(30(33,34)35)15-36-25(24)16-37-28(40)18-3-8-26-23(13-18)29(11-9-21(39)10-12-29)27(17-1-2-17)38(26)43(41,42)22-6-4-20(32)5-7-22/h3-8,13-15,17,27H,1-2,9-12,16H2,(H,37,40). The second-order valence-corrected chi connectivity index (χ2v) is 13.5. The van der Waals surface area contributed by atoms with Crippen LogP contribution in [0.1, 0.15) is 65.7 Å². The number of rotatable bonds is 6. The predicted molar refractivity (Wildman–Crippen MR) is 150 cm³/mol. The molecule has 3 aromatic rings. The molecule has 1 unspecified atom stereocenters. The number of amides is 1. The van der Waals surface area contributed by atoms with E-state index in [4.69, 9.17) is 11.6 Å². The van der Waals surface area contributed by atoms with E-state index in [-0.39, 0.29) is 52.3 Å². The summed E-state index contributed by atoms with van der Waals surface area (Å²) in [6, 6.07) is 9.63. The molecular formula is C30H26ClF4N3O4S. The molecule has 13 heteroatoms. The van der Waals surface area contributed by atoms with E-state index in [0.717, 1.165) is 31.0 Å². The monoisotopic (exact) mass is 635 g/mol. The molecule has 7 nitrogen and oxygen atoms in total. The number of sulfonamides is 1. The van der Waals surface area contributed by atoms with Crippen LogP contribution in [-0.4, -0.2) is 31.1 Å². The lowest BCUT2D eigenvalue weighted by molar-refractivity contribution is -0.137. The molecule has 2 aliphatic carbocycles. The molecule has 2 saturated carbocycles. The number of carbonyl (C=O) groups excluding carboxylic acids is 2. The Kier molecular flexibility index (Phi) is 7.28. The van der Waals surface area contributed by atoms with Gasteiger partial charge in [0, 0.05) is 30.0 Å². The molecule has 2 heterocycles. The molecule has 6 rings (SSSR count). The summed E-state index contributed by atoms with van der Waals surface area (Å²) >= 11 is 6.00. The Balaban J connectivity index is 1.36. The summed E-state index contributed by atoms with van der Waals surface area (Å²) in [5, 5.41) is 2.39. The van der Waals surface area contributed by atoms with E-state index >= 15 is 0 Å². The van der Waals surface area contributed by atoms with Crippen LogP contribution in [-0.2, 0) is 33.0 Å². The van der Waals surface area contributed by atoms with Gasteiger partial charge in [0.2, 0.25) is 0 Å². The molecule has 1 amide bonds. The minimum Gasteiger partial charge on any atom is -0.346 e. The zero-order valence-electron chi connectivity index (χ0n) is 22.6. The summed E-state index contributed by atoms with van der Waals surface area (Å²) in [7, 11) is -4.13. The maximum atomic E-state index is 14.1. The van der Waals surface area contributed by atoms with Gasteiger partial charge in [0.25, 0.3) is 15.9 Å². The van der Waals surface area contributed by atoms with Crippen molar-refractivity contribution in [3.63, 3.8) is 0 Å². The first-order valence-electron chi connectivity index (χ1n) is 13.8. The highest BCUT2D eigenvalue weighted by atomic mass is 35.5. The van der Waals surface area contributed by atoms with E-state index in [0.29, 0.717) is 30.3 Å². The van der Waals surface area contributed by atoms with Crippen LogP contribution in [0.5, 0.6) is 0 Å². The van der Waals surface area contributed by atoms with Gasteiger partial charge in [-0.05, 0) is 85.7 Å². The van der Waals surface area contributed by atoms with Gasteiger partial charge < -0.3 is 5.32 Å². The van der Waals surface area contributed by atoms with Crippen LogP contribution in [0, 0.1) is 11.7 Å². The fraction of sp³-hybridized carbons (Fsp3) is 0.367. The molecule has 226 valence electrons. The van der Waals surface area contributed by atoms with Gasteiger partial charge in [0.05, 0.1) is 39.4 Å². The largest absolute Gasteiger partial charge is 0.417 e. The third-order valence-corrected chi connectivity index (χ3v) is 10.8. The Morgan fingerprint density at radius 2 is 1.74 bits per heavy atom. The van der Waals surface area contributed by atoms with Gasteiger partial charge in [-0.2, -0.15) is 13.2 Å². The number of alkyl halides is 3. The number of nitrogens with one attached hydrogen (secondary N) is 1. The van der Waals surface area contributed by atoms with E-state index < -0.39 is 44.9 Å². The molecule has 1 spiro atoms. The van der Waals surface area contributed by atoms with E-state index in [1.54, 1.807) is 12.1 Å². The molecule has 0 bridgehead atoms. The van der Waals surface area contributed by atoms with Crippen molar-refractivity contribution in [2.75, 3.05) is 4.31 Å². The van der Waals surface area contributed by atoms with Crippen LogP contribution in [0.25, 0.3) is 0 Å². The molecule has 0 radical (unpaired) electrons. The van der Waals surface area contributed by atoms with Crippen LogP contribution >= 0.6 is 11.6 Å². The second kappa shape index (κ2) is 10.6. The number of benzene rings is 2. The quantitative estimate of drug-likeness (QED) is 0.326. The van der Waals surface area contributed by atoms with Gasteiger partial charge in [0.1, 0.15) is 11.6 Å². The van der Waals surface area contributed by atoms with Gasteiger partial charge in [-0.15, -0.1) is 0 Å². The zero-order valence-corrected chi connectivity index (χ0v) is 24.2. The van der Waals surface area contributed by atoms with Crippen molar-refractivity contribution in [1.82, 2.24) is 10.3 Å². The molecule has 1 aliphatic heterocycles. The number of nitrogens with zero attached hydrogens (tertiary/aromatic N) is 2. The Hall–Kier alpha value is -3.51. The van der Waals surface area contributed by atoms with Crippen molar-refractivity contribution in [2.45, 2.75) is 67.6 Å². The highest BCUT2D eigenvalue weighted by molar-refractivity contribution is 7.92. The zero-order chi connectivity index (χ0) is 30.7. The number of anilines is 1. The maximum absolute atomic E-state index is 14.1. The van der Waals surface area contributed by atoms with Crippen LogP contribution in [0.3, 0.4) is 0 Å². The number of halogens is 5. The number of pyridine rings is 1. The summed E-state index contributed by atoms with van der Waals surface area (Å²) in [5.41, 5.74) is -0.370. The maximum Gasteiger partial charge on any atom is 0.417 e. The number of fused-ring (bicyclic) bond motifs is 2. The lowest BCUT2D eigenvalue weighted by Crippen LogP contribution is -2.50. The average molecular weight is 636 g/mol. The number of carbonyl (C=O) groups is 2. The van der Waals surface area contributed by atoms with E-state index in [2.05, 4.69) is 10.3 Å². The molecule has 2 aromatic carbocycles. The van der Waals surface area contributed by atoms with Gasteiger partial charge in [-0.3, -0.25) is 18.9 Å². The van der Waals surface area contributed by atoms with E-state index in [9.17, 15) is 35.6 Å². The second-order valence-electron chi connectivity index (χ2n) is 11.3. The topological polar surface area (TPSA) is 96.4 Å². The van der Waals surface area contributed by atoms with Crippen molar-refractivity contribution < 1.29 is 35.6 Å². The van der Waals surface area contributed by atoms with Crippen LogP contribution < -0.4 is 9.62 Å². The first-order chi connectivity index (χ1) is 20.3. The summed E-state index contributed by atoms with van der Waals surface area (Å²) in [6.07, 6.45) is -0.930. The van der Waals surface area contributed by atoms with Crippen molar-refractivity contribution in [1.29, 1.82) is 0 Å². The van der Waals surface area contributed by atoms with Crippen molar-refractivity contribution in [2.24, 2.45) is 5.92 Å². The molecule has 43 heavy (non-hydrogen) atoms. The Labute approximate surface area is 250 Å². The van der Waals surface area contributed by atoms with Crippen molar-refractivity contribution >= 4 is 39.0 Å². The first kappa shape index (κ1) is 29.6. The first-order valence-corrected chi connectivity index (χ1v) is 15.6. The number of hydrogen-bond acceptors (Lipinski definition) is 5. The lowest BCUT2D eigenvalue weighted by Gasteiger charge is -2.41. The van der Waals surface area contributed by atoms with Crippen molar-refractivity contribution in [3.05, 3.63) is 88.0 Å². The van der Waals surface area contributed by atoms with E-state index in [1.807, 2.05) is 0 Å². The minimum atomic E-state index is -4.61. The minimum absolute atomic E-state index is 0.0526. The number of aromatic nitrogens is 1. The van der Waals surface area contributed by atoms with Gasteiger partial charge >= 0.3 is 6.18 Å². The normalized spacial score (nSPS) is 19.9. The van der Waals surface area contributed by atoms with Crippen molar-refractivity contribution in [3.8, 4) is 0 Å². The number of hydrogen-bond donors (Lipinski definition) is 1. The molecule has 3 aliphatic rings. The van der Waals surface area contributed by atoms with E-state index in [1.165, 1.54) is 22.5 Å². The highest BCUT2D eigenvalue weighted by Gasteiger charge is 2.60. The van der Waals surface area contributed by atoms with Gasteiger partial charge in [-0.25, -0.2) is 12.8 Å². The Morgan fingerprint density at radius 3 is 2.35 bits per heavy atom. The molecule has 0 saturated heterocycles. The van der Waals surface area contributed by atoms with Gasteiger partial charge in [-0.1, -0.05) is 11.6 Å². The molecule has 1 aromatic heterocycles. The fourth-order valence-corrected chi connectivity index (χ4v) is 8.44.